The van der Waals surface area contributed by atoms with Crippen LogP contribution in [0.4, 0.5) is 14.0 Å². The number of carbonyl (C=O) groups is 2. The van der Waals surface area contributed by atoms with Gasteiger partial charge in [-0.2, -0.15) is 8.42 Å². The zero-order valence-corrected chi connectivity index (χ0v) is 13.3. The van der Waals surface area contributed by atoms with E-state index in [4.69, 9.17) is 5.11 Å². The first-order chi connectivity index (χ1) is 10.1. The first-order valence-electron chi connectivity index (χ1n) is 6.03. The van der Waals surface area contributed by atoms with Gasteiger partial charge in [-0.1, -0.05) is 0 Å². The third-order valence-electron chi connectivity index (χ3n) is 3.20. The van der Waals surface area contributed by atoms with Crippen molar-refractivity contribution in [3.05, 3.63) is 28.0 Å². The summed E-state index contributed by atoms with van der Waals surface area (Å²) < 4.78 is 47.6. The fraction of sp³-hybridized carbons (Fsp3) is 0.333. The number of carboxylic acids is 1. The second-order valence-corrected chi connectivity index (χ2v) is 7.13. The Bertz CT molecular complexity index is 752. The van der Waals surface area contributed by atoms with Crippen LogP contribution in [-0.4, -0.2) is 37.7 Å². The quantitative estimate of drug-likeness (QED) is 0.783. The van der Waals surface area contributed by atoms with Gasteiger partial charge >= 0.3 is 16.2 Å². The van der Waals surface area contributed by atoms with E-state index in [2.05, 4.69) is 15.9 Å². The molecule has 1 N–H and O–H groups in total. The first-order valence-corrected chi connectivity index (χ1v) is 8.38. The summed E-state index contributed by atoms with van der Waals surface area (Å²) in [7, 11) is -4.75. The van der Waals surface area contributed by atoms with E-state index in [0.29, 0.717) is 0 Å². The Morgan fingerprint density at radius 1 is 1.45 bits per heavy atom. The van der Waals surface area contributed by atoms with E-state index in [0.717, 1.165) is 17.0 Å². The predicted octanol–water partition coefficient (Wildman–Crippen LogP) is 1.94. The summed E-state index contributed by atoms with van der Waals surface area (Å²) in [5.74, 6) is -4.37. The minimum atomic E-state index is -4.75. The van der Waals surface area contributed by atoms with Crippen LogP contribution in [0.1, 0.15) is 16.8 Å². The SMILES string of the molecule is O=C(O)c1cc(Br)c(F)cc1N1CC(CS(=O)(=O)F)CC1=O. The van der Waals surface area contributed by atoms with E-state index in [1.807, 2.05) is 0 Å². The van der Waals surface area contributed by atoms with E-state index in [-0.39, 0.29) is 28.7 Å². The van der Waals surface area contributed by atoms with Crippen molar-refractivity contribution in [2.75, 3.05) is 17.2 Å². The van der Waals surface area contributed by atoms with Gasteiger partial charge in [0.25, 0.3) is 0 Å². The van der Waals surface area contributed by atoms with Gasteiger partial charge in [0.1, 0.15) is 5.82 Å². The molecule has 0 aromatic heterocycles. The molecule has 0 aliphatic carbocycles. The number of nitrogens with zero attached hydrogens (tertiary/aromatic N) is 1. The van der Waals surface area contributed by atoms with E-state index in [1.165, 1.54) is 0 Å². The van der Waals surface area contributed by atoms with Crippen LogP contribution in [0.3, 0.4) is 0 Å². The van der Waals surface area contributed by atoms with Crippen LogP contribution in [0.2, 0.25) is 0 Å². The van der Waals surface area contributed by atoms with Crippen LogP contribution in [0.25, 0.3) is 0 Å². The summed E-state index contributed by atoms with van der Waals surface area (Å²) in [6, 6.07) is 1.89. The Hall–Kier alpha value is -1.55. The molecule has 1 unspecified atom stereocenters. The maximum absolute atomic E-state index is 13.6. The lowest BCUT2D eigenvalue weighted by molar-refractivity contribution is -0.117. The number of carbonyl (C=O) groups excluding carboxylic acids is 1. The second-order valence-electron chi connectivity index (χ2n) is 4.87. The standard InChI is InChI=1S/C12H10BrF2NO5S/c13-8-2-7(12(18)19)10(3-9(8)14)16-4-6(1-11(16)17)5-22(15,20)21/h2-3,6H,1,4-5H2,(H,18,19). The highest BCUT2D eigenvalue weighted by atomic mass is 79.9. The van der Waals surface area contributed by atoms with Crippen molar-refractivity contribution in [1.29, 1.82) is 0 Å². The summed E-state index contributed by atoms with van der Waals surface area (Å²) in [6.07, 6.45) is -0.250. The molecule has 120 valence electrons. The summed E-state index contributed by atoms with van der Waals surface area (Å²) in [6.45, 7) is -0.191. The van der Waals surface area contributed by atoms with E-state index >= 15 is 0 Å². The van der Waals surface area contributed by atoms with E-state index < -0.39 is 39.6 Å². The number of hydrogen-bond acceptors (Lipinski definition) is 4. The number of benzene rings is 1. The molecule has 1 saturated heterocycles. The Morgan fingerprint density at radius 2 is 2.09 bits per heavy atom. The normalized spacial score (nSPS) is 18.8. The minimum absolute atomic E-state index is 0.0804. The van der Waals surface area contributed by atoms with Gasteiger partial charge in [-0.15, -0.1) is 3.89 Å². The van der Waals surface area contributed by atoms with E-state index in [9.17, 15) is 26.3 Å². The van der Waals surface area contributed by atoms with Gasteiger partial charge in [0.2, 0.25) is 5.91 Å². The van der Waals surface area contributed by atoms with Gasteiger partial charge in [0.15, 0.2) is 0 Å². The lowest BCUT2D eigenvalue weighted by Gasteiger charge is -2.19. The monoisotopic (exact) mass is 397 g/mol. The molecule has 6 nitrogen and oxygen atoms in total. The molecule has 1 aromatic carbocycles. The largest absolute Gasteiger partial charge is 0.478 e. The predicted molar refractivity (Wildman–Crippen MR) is 76.4 cm³/mol. The van der Waals surface area contributed by atoms with Crippen LogP contribution >= 0.6 is 15.9 Å². The van der Waals surface area contributed by atoms with Crippen molar-refractivity contribution in [3.8, 4) is 0 Å². The molecule has 0 radical (unpaired) electrons. The number of rotatable bonds is 4. The Labute approximate surface area is 133 Å². The lowest BCUT2D eigenvalue weighted by atomic mass is 10.1. The van der Waals surface area contributed by atoms with Gasteiger partial charge < -0.3 is 10.0 Å². The Kier molecular flexibility index (Phi) is 4.52. The minimum Gasteiger partial charge on any atom is -0.478 e. The molecular formula is C12H10BrF2NO5S. The highest BCUT2D eigenvalue weighted by Gasteiger charge is 2.35. The highest BCUT2D eigenvalue weighted by molar-refractivity contribution is 9.10. The maximum atomic E-state index is 13.6. The molecule has 0 spiro atoms. The van der Waals surface area contributed by atoms with Gasteiger partial charge in [0, 0.05) is 18.9 Å². The van der Waals surface area contributed by atoms with Crippen molar-refractivity contribution in [2.45, 2.75) is 6.42 Å². The van der Waals surface area contributed by atoms with Gasteiger partial charge in [-0.05, 0) is 28.1 Å². The first kappa shape index (κ1) is 16.8. The second kappa shape index (κ2) is 5.92. The number of hydrogen-bond donors (Lipinski definition) is 1. The number of halogens is 3. The highest BCUT2D eigenvalue weighted by Crippen LogP contribution is 2.32. The van der Waals surface area contributed by atoms with Crippen molar-refractivity contribution >= 4 is 43.7 Å². The van der Waals surface area contributed by atoms with Gasteiger partial charge in [0.05, 0.1) is 21.5 Å². The van der Waals surface area contributed by atoms with Crippen LogP contribution in [-0.2, 0) is 15.0 Å². The average molecular weight is 398 g/mol. The fourth-order valence-corrected chi connectivity index (χ4v) is 3.47. The Balaban J connectivity index is 2.38. The molecule has 1 aliphatic rings. The van der Waals surface area contributed by atoms with Gasteiger partial charge in [-0.3, -0.25) is 4.79 Å². The number of anilines is 1. The number of aromatic carboxylic acids is 1. The topological polar surface area (TPSA) is 91.8 Å². The number of carboxylic acid groups (broad SMARTS) is 1. The van der Waals surface area contributed by atoms with Crippen LogP contribution in [0.5, 0.6) is 0 Å². The summed E-state index contributed by atoms with van der Waals surface area (Å²) in [5.41, 5.74) is -0.498. The van der Waals surface area contributed by atoms with Gasteiger partial charge in [-0.25, -0.2) is 9.18 Å². The molecule has 0 saturated carbocycles. The zero-order valence-electron chi connectivity index (χ0n) is 10.9. The number of amides is 1. The molecule has 1 atom stereocenters. The van der Waals surface area contributed by atoms with Crippen LogP contribution < -0.4 is 4.90 Å². The van der Waals surface area contributed by atoms with Crippen molar-refractivity contribution in [1.82, 2.24) is 0 Å². The molecular weight excluding hydrogens is 388 g/mol. The average Bonchev–Trinajstić information content (AvgIpc) is 2.70. The Morgan fingerprint density at radius 3 is 2.64 bits per heavy atom. The summed E-state index contributed by atoms with van der Waals surface area (Å²) in [4.78, 5) is 24.1. The molecule has 1 heterocycles. The van der Waals surface area contributed by atoms with Crippen LogP contribution in [0.15, 0.2) is 16.6 Å². The zero-order chi connectivity index (χ0) is 16.7. The third kappa shape index (κ3) is 3.61. The molecule has 2 rings (SSSR count). The smallest absolute Gasteiger partial charge is 0.337 e. The lowest BCUT2D eigenvalue weighted by Crippen LogP contribution is -2.27. The molecule has 1 fully saturated rings. The summed E-state index contributed by atoms with van der Waals surface area (Å²) in [5, 5.41) is 9.14. The van der Waals surface area contributed by atoms with Crippen LogP contribution in [0, 0.1) is 11.7 Å². The molecule has 10 heteroatoms. The molecule has 22 heavy (non-hydrogen) atoms. The van der Waals surface area contributed by atoms with Crippen molar-refractivity contribution < 1.29 is 31.4 Å². The van der Waals surface area contributed by atoms with E-state index in [1.54, 1.807) is 0 Å². The molecule has 1 amide bonds. The van der Waals surface area contributed by atoms with Crippen molar-refractivity contribution in [2.24, 2.45) is 5.92 Å². The molecule has 1 aromatic rings. The molecule has 0 bridgehead atoms. The van der Waals surface area contributed by atoms with Crippen molar-refractivity contribution in [3.63, 3.8) is 0 Å². The molecule has 1 aliphatic heterocycles. The third-order valence-corrected chi connectivity index (χ3v) is 4.68. The maximum Gasteiger partial charge on any atom is 0.337 e. The summed E-state index contributed by atoms with van der Waals surface area (Å²) >= 11 is 2.85. The fourth-order valence-electron chi connectivity index (χ4n) is 2.34.